The normalized spacial score (nSPS) is 11.3. The zero-order valence-electron chi connectivity index (χ0n) is 20.9. The topological polar surface area (TPSA) is 108 Å². The number of aliphatic hydroxyl groups is 1. The molecule has 2 aromatic carbocycles. The van der Waals surface area contributed by atoms with Crippen LogP contribution in [-0.2, 0) is 4.74 Å². The van der Waals surface area contributed by atoms with Crippen molar-refractivity contribution < 1.29 is 19.4 Å². The van der Waals surface area contributed by atoms with Gasteiger partial charge in [-0.25, -0.2) is 0 Å². The summed E-state index contributed by atoms with van der Waals surface area (Å²) in [4.78, 5) is 28.6. The highest BCUT2D eigenvalue weighted by molar-refractivity contribution is 7.12. The van der Waals surface area contributed by atoms with Gasteiger partial charge in [-0.2, -0.15) is 5.10 Å². The second kappa shape index (κ2) is 12.4. The lowest BCUT2D eigenvalue weighted by atomic mass is 10.1. The van der Waals surface area contributed by atoms with Crippen LogP contribution in [0.5, 0.6) is 0 Å². The summed E-state index contributed by atoms with van der Waals surface area (Å²) >= 11 is 1.37. The summed E-state index contributed by atoms with van der Waals surface area (Å²) in [6.07, 6.45) is 4.41. The molecule has 0 aliphatic rings. The summed E-state index contributed by atoms with van der Waals surface area (Å²) in [6, 6.07) is 15.0. The molecule has 2 amide bonds. The van der Waals surface area contributed by atoms with Gasteiger partial charge in [0.1, 0.15) is 0 Å². The number of fused-ring (bicyclic) bond motifs is 1. The zero-order valence-corrected chi connectivity index (χ0v) is 21.7. The van der Waals surface area contributed by atoms with Crippen LogP contribution in [0, 0.1) is 6.92 Å². The Morgan fingerprint density at radius 3 is 2.76 bits per heavy atom. The van der Waals surface area contributed by atoms with Gasteiger partial charge < -0.3 is 20.1 Å². The van der Waals surface area contributed by atoms with E-state index in [1.807, 2.05) is 60.9 Å². The summed E-state index contributed by atoms with van der Waals surface area (Å²) in [6.45, 7) is 2.94. The van der Waals surface area contributed by atoms with Gasteiger partial charge in [0.25, 0.3) is 11.8 Å². The molecular formula is C28H30N4O4S. The van der Waals surface area contributed by atoms with Crippen molar-refractivity contribution in [3.8, 4) is 0 Å². The molecule has 0 unspecified atom stereocenters. The number of thiophene rings is 1. The Balaban J connectivity index is 1.66. The summed E-state index contributed by atoms with van der Waals surface area (Å²) in [7, 11) is 1.61. The minimum Gasteiger partial charge on any atom is -0.395 e. The van der Waals surface area contributed by atoms with E-state index in [1.165, 1.54) is 11.3 Å². The van der Waals surface area contributed by atoms with Gasteiger partial charge in [-0.05, 0) is 60.2 Å². The van der Waals surface area contributed by atoms with Crippen molar-refractivity contribution in [1.29, 1.82) is 0 Å². The number of benzene rings is 2. The van der Waals surface area contributed by atoms with Gasteiger partial charge in [0, 0.05) is 43.4 Å². The molecule has 2 heterocycles. The molecule has 192 valence electrons. The quantitative estimate of drug-likeness (QED) is 0.247. The average molecular weight is 519 g/mol. The van der Waals surface area contributed by atoms with Crippen molar-refractivity contribution in [2.75, 3.05) is 38.7 Å². The van der Waals surface area contributed by atoms with Crippen LogP contribution in [0.1, 0.15) is 43.3 Å². The molecule has 0 atom stereocenters. The first kappa shape index (κ1) is 26.3. The minimum absolute atomic E-state index is 0.140. The fraction of sp³-hybridized carbons (Fsp3) is 0.250. The van der Waals surface area contributed by atoms with Crippen LogP contribution in [0.2, 0.25) is 0 Å². The Hall–Kier alpha value is -3.79. The van der Waals surface area contributed by atoms with E-state index < -0.39 is 0 Å². The van der Waals surface area contributed by atoms with Crippen molar-refractivity contribution in [3.63, 3.8) is 0 Å². The fourth-order valence-corrected chi connectivity index (χ4v) is 4.85. The zero-order chi connectivity index (χ0) is 26.2. The molecule has 3 N–H and O–H groups in total. The van der Waals surface area contributed by atoms with Crippen molar-refractivity contribution in [3.05, 3.63) is 81.2 Å². The second-order valence-corrected chi connectivity index (χ2v) is 9.45. The molecule has 0 saturated carbocycles. The number of nitrogens with zero attached hydrogens (tertiary/aromatic N) is 2. The Bertz CT molecular complexity index is 1410. The summed E-state index contributed by atoms with van der Waals surface area (Å²) in [5.74, 6) is -0.453. The highest BCUT2D eigenvalue weighted by Crippen LogP contribution is 2.25. The number of methoxy groups -OCH3 is 1. The van der Waals surface area contributed by atoms with Crippen molar-refractivity contribution in [2.24, 2.45) is 0 Å². The van der Waals surface area contributed by atoms with Gasteiger partial charge in [0.15, 0.2) is 0 Å². The van der Waals surface area contributed by atoms with Gasteiger partial charge in [-0.15, -0.1) is 11.3 Å². The number of hydrogen-bond acceptors (Lipinski definition) is 6. The van der Waals surface area contributed by atoms with E-state index in [1.54, 1.807) is 24.1 Å². The molecule has 0 bridgehead atoms. The SMILES string of the molecule is COCCCN(CCO)C(=O)c1ccc(/C=C/c2n[nH]c3ccccc23)c(NC(=O)c2sccc2C)c1. The number of H-pyrrole nitrogens is 1. The summed E-state index contributed by atoms with van der Waals surface area (Å²) in [5, 5.41) is 22.7. The lowest BCUT2D eigenvalue weighted by molar-refractivity contribution is 0.0701. The number of amides is 2. The maximum Gasteiger partial charge on any atom is 0.266 e. The van der Waals surface area contributed by atoms with E-state index >= 15 is 0 Å². The number of aromatic nitrogens is 2. The highest BCUT2D eigenvalue weighted by atomic mass is 32.1. The average Bonchev–Trinajstić information content (AvgIpc) is 3.53. The van der Waals surface area contributed by atoms with Gasteiger partial charge in [-0.3, -0.25) is 14.7 Å². The van der Waals surface area contributed by atoms with E-state index in [2.05, 4.69) is 15.5 Å². The third-order valence-corrected chi connectivity index (χ3v) is 6.99. The molecule has 0 aliphatic carbocycles. The lowest BCUT2D eigenvalue weighted by Crippen LogP contribution is -2.35. The smallest absolute Gasteiger partial charge is 0.266 e. The summed E-state index contributed by atoms with van der Waals surface area (Å²) < 4.78 is 5.10. The molecule has 0 saturated heterocycles. The molecule has 0 aliphatic heterocycles. The van der Waals surface area contributed by atoms with Crippen LogP contribution in [-0.4, -0.2) is 65.4 Å². The maximum absolute atomic E-state index is 13.3. The first-order valence-electron chi connectivity index (χ1n) is 12.0. The van der Waals surface area contributed by atoms with E-state index in [0.29, 0.717) is 35.7 Å². The van der Waals surface area contributed by atoms with Gasteiger partial charge in [0.2, 0.25) is 0 Å². The Labute approximate surface area is 219 Å². The third-order valence-electron chi connectivity index (χ3n) is 5.97. The second-order valence-electron chi connectivity index (χ2n) is 8.54. The number of rotatable bonds is 11. The number of anilines is 1. The first-order valence-corrected chi connectivity index (χ1v) is 12.9. The predicted octanol–water partition coefficient (Wildman–Crippen LogP) is 4.83. The molecule has 4 aromatic rings. The number of ether oxygens (including phenoxy) is 1. The number of carbonyl (C=O) groups is 2. The molecule has 9 heteroatoms. The van der Waals surface area contributed by atoms with E-state index in [0.717, 1.165) is 27.7 Å². The van der Waals surface area contributed by atoms with Crippen LogP contribution in [0.25, 0.3) is 23.1 Å². The van der Waals surface area contributed by atoms with E-state index in [-0.39, 0.29) is 25.0 Å². The van der Waals surface area contributed by atoms with Gasteiger partial charge >= 0.3 is 0 Å². The van der Waals surface area contributed by atoms with Gasteiger partial charge in [-0.1, -0.05) is 30.3 Å². The van der Waals surface area contributed by atoms with Crippen LogP contribution >= 0.6 is 11.3 Å². The number of aryl methyl sites for hydroxylation is 1. The molecule has 2 aromatic heterocycles. The maximum atomic E-state index is 13.3. The number of para-hydroxylation sites is 1. The first-order chi connectivity index (χ1) is 18.0. The molecule has 4 rings (SSSR count). The molecule has 0 spiro atoms. The van der Waals surface area contributed by atoms with Crippen LogP contribution < -0.4 is 5.32 Å². The van der Waals surface area contributed by atoms with Crippen LogP contribution in [0.4, 0.5) is 5.69 Å². The van der Waals surface area contributed by atoms with Crippen molar-refractivity contribution in [1.82, 2.24) is 15.1 Å². The van der Waals surface area contributed by atoms with Crippen LogP contribution in [0.3, 0.4) is 0 Å². The summed E-state index contributed by atoms with van der Waals surface area (Å²) in [5.41, 5.74) is 4.27. The third kappa shape index (κ3) is 6.32. The van der Waals surface area contributed by atoms with E-state index in [4.69, 9.17) is 4.74 Å². The fourth-order valence-electron chi connectivity index (χ4n) is 4.03. The Kier molecular flexibility index (Phi) is 8.84. The van der Waals surface area contributed by atoms with Crippen molar-refractivity contribution >= 4 is 51.9 Å². The molecule has 8 nitrogen and oxygen atoms in total. The number of nitrogens with one attached hydrogen (secondary N) is 2. The standard InChI is InChI=1S/C28H30N4O4S/c1-19-12-17-37-26(19)27(34)29-25-18-21(28(35)32(14-15-33)13-5-16-36-2)9-8-20(25)10-11-24-22-6-3-4-7-23(22)30-31-24/h3-4,6-12,17-18,33H,5,13-16H2,1-2H3,(H,29,34)(H,30,31)/b11-10+. The number of aromatic amines is 1. The van der Waals surface area contributed by atoms with Crippen LogP contribution in [0.15, 0.2) is 53.9 Å². The number of hydrogen-bond donors (Lipinski definition) is 3. The monoisotopic (exact) mass is 518 g/mol. The largest absolute Gasteiger partial charge is 0.395 e. The molecule has 37 heavy (non-hydrogen) atoms. The predicted molar refractivity (Wildman–Crippen MR) is 148 cm³/mol. The minimum atomic E-state index is -0.232. The molecule has 0 fully saturated rings. The van der Waals surface area contributed by atoms with E-state index in [9.17, 15) is 14.7 Å². The number of aliphatic hydroxyl groups excluding tert-OH is 1. The Morgan fingerprint density at radius 2 is 2.00 bits per heavy atom. The lowest BCUT2D eigenvalue weighted by Gasteiger charge is -2.22. The number of carbonyl (C=O) groups excluding carboxylic acids is 2. The Morgan fingerprint density at radius 1 is 1.16 bits per heavy atom. The van der Waals surface area contributed by atoms with Crippen molar-refractivity contribution in [2.45, 2.75) is 13.3 Å². The molecule has 0 radical (unpaired) electrons. The molecular weight excluding hydrogens is 488 g/mol. The van der Waals surface area contributed by atoms with Gasteiger partial charge in [0.05, 0.1) is 22.7 Å². The highest BCUT2D eigenvalue weighted by Gasteiger charge is 2.18.